The summed E-state index contributed by atoms with van der Waals surface area (Å²) in [5.74, 6) is -1.17. The van der Waals surface area contributed by atoms with Gasteiger partial charge in [0.2, 0.25) is 0 Å². The number of nitrogens with one attached hydrogen (secondary N) is 1. The Labute approximate surface area is 203 Å². The van der Waals surface area contributed by atoms with Gasteiger partial charge in [0.15, 0.2) is 0 Å². The number of hydrogen-bond acceptors (Lipinski definition) is 5. The van der Waals surface area contributed by atoms with Gasteiger partial charge in [0.1, 0.15) is 10.6 Å². The maximum Gasteiger partial charge on any atom is 0.295 e. The third kappa shape index (κ3) is 3.68. The second kappa shape index (κ2) is 8.53. The molecule has 1 fully saturated rings. The van der Waals surface area contributed by atoms with Gasteiger partial charge < -0.3 is 5.32 Å². The number of carbonyl (C=O) groups excluding carboxylic acids is 2. The lowest BCUT2D eigenvalue weighted by Crippen LogP contribution is -2.40. The molecule has 2 aromatic carbocycles. The minimum atomic E-state index is -4.05. The average Bonchev–Trinajstić information content (AvgIpc) is 3.20. The van der Waals surface area contributed by atoms with Crippen LogP contribution in [0.25, 0.3) is 5.69 Å². The lowest BCUT2D eigenvalue weighted by atomic mass is 9.95. The van der Waals surface area contributed by atoms with E-state index in [9.17, 15) is 22.8 Å². The molecule has 1 saturated carbocycles. The van der Waals surface area contributed by atoms with E-state index >= 15 is 0 Å². The van der Waals surface area contributed by atoms with Gasteiger partial charge in [0, 0.05) is 18.7 Å². The molecule has 2 heterocycles. The van der Waals surface area contributed by atoms with Crippen molar-refractivity contribution in [1.29, 1.82) is 0 Å². The minimum absolute atomic E-state index is 0.0551. The quantitative estimate of drug-likeness (QED) is 0.599. The molecule has 3 aromatic rings. The van der Waals surface area contributed by atoms with Crippen molar-refractivity contribution in [1.82, 2.24) is 13.7 Å². The number of rotatable bonds is 4. The number of amides is 2. The number of anilines is 1. The zero-order valence-electron chi connectivity index (χ0n) is 19.5. The predicted octanol–water partition coefficient (Wildman–Crippen LogP) is 3.21. The molecule has 0 bridgehead atoms. The Morgan fingerprint density at radius 3 is 2.37 bits per heavy atom. The fourth-order valence-electron chi connectivity index (χ4n) is 4.96. The zero-order valence-corrected chi connectivity index (χ0v) is 20.3. The highest BCUT2D eigenvalue weighted by Gasteiger charge is 2.45. The molecule has 1 aliphatic carbocycles. The summed E-state index contributed by atoms with van der Waals surface area (Å²) >= 11 is 0. The summed E-state index contributed by atoms with van der Waals surface area (Å²) in [6, 6.07) is 12.7. The Morgan fingerprint density at radius 1 is 1.00 bits per heavy atom. The molecule has 9 nitrogen and oxygen atoms in total. The molecule has 35 heavy (non-hydrogen) atoms. The zero-order chi connectivity index (χ0) is 24.9. The standard InChI is InChI=1S/C25H26N4O5S/c1-16-22(25(32)28(27(16)2)18-9-5-3-6-10-18)26-23(30)17-13-14-20-21(15-17)35(33,34)29(24(20)31)19-11-7-4-8-12-19/h3,5-6,9-10,13-15,19H,4,7-8,11-12H2,1-2H3,(H,26,30). The summed E-state index contributed by atoms with van der Waals surface area (Å²) in [6.45, 7) is 1.71. The average molecular weight is 495 g/mol. The maximum absolute atomic E-state index is 13.3. The highest BCUT2D eigenvalue weighted by Crippen LogP contribution is 2.36. The van der Waals surface area contributed by atoms with Crippen molar-refractivity contribution in [2.75, 3.05) is 5.32 Å². The summed E-state index contributed by atoms with van der Waals surface area (Å²) < 4.78 is 30.6. The van der Waals surface area contributed by atoms with Gasteiger partial charge in [-0.25, -0.2) is 17.4 Å². The van der Waals surface area contributed by atoms with E-state index in [-0.39, 0.29) is 27.8 Å². The molecule has 1 N–H and O–H groups in total. The van der Waals surface area contributed by atoms with Crippen LogP contribution in [-0.2, 0) is 17.1 Å². The molecule has 2 amide bonds. The summed E-state index contributed by atoms with van der Waals surface area (Å²) in [4.78, 5) is 39.0. The fraction of sp³-hybridized carbons (Fsp3) is 0.320. The molecule has 0 atom stereocenters. The molecule has 2 aliphatic rings. The van der Waals surface area contributed by atoms with Crippen molar-refractivity contribution in [2.24, 2.45) is 7.05 Å². The van der Waals surface area contributed by atoms with Crippen LogP contribution < -0.4 is 10.9 Å². The van der Waals surface area contributed by atoms with Crippen LogP contribution in [0.3, 0.4) is 0 Å². The van der Waals surface area contributed by atoms with Crippen molar-refractivity contribution in [2.45, 2.75) is 50.0 Å². The van der Waals surface area contributed by atoms with Crippen LogP contribution in [0.4, 0.5) is 5.69 Å². The van der Waals surface area contributed by atoms with Gasteiger partial charge in [-0.3, -0.25) is 19.1 Å². The molecule has 0 unspecified atom stereocenters. The first-order valence-corrected chi connectivity index (χ1v) is 13.0. The molecule has 0 radical (unpaired) electrons. The number of benzene rings is 2. The summed E-state index contributed by atoms with van der Waals surface area (Å²) in [7, 11) is -2.33. The van der Waals surface area contributed by atoms with Crippen molar-refractivity contribution in [3.05, 3.63) is 75.7 Å². The van der Waals surface area contributed by atoms with Crippen molar-refractivity contribution in [3.63, 3.8) is 0 Å². The number of carbonyl (C=O) groups is 2. The minimum Gasteiger partial charge on any atom is -0.316 e. The van der Waals surface area contributed by atoms with Gasteiger partial charge in [0.05, 0.1) is 16.9 Å². The van der Waals surface area contributed by atoms with E-state index in [1.807, 2.05) is 18.2 Å². The van der Waals surface area contributed by atoms with E-state index < -0.39 is 27.4 Å². The second-order valence-electron chi connectivity index (χ2n) is 9.00. The second-order valence-corrected chi connectivity index (χ2v) is 10.8. The van der Waals surface area contributed by atoms with Crippen molar-refractivity contribution in [3.8, 4) is 5.69 Å². The van der Waals surface area contributed by atoms with E-state index in [4.69, 9.17) is 0 Å². The monoisotopic (exact) mass is 494 g/mol. The number of sulfonamides is 1. The van der Waals surface area contributed by atoms with Crippen LogP contribution >= 0.6 is 0 Å². The molecular weight excluding hydrogens is 468 g/mol. The van der Waals surface area contributed by atoms with E-state index in [0.717, 1.165) is 23.6 Å². The van der Waals surface area contributed by atoms with Crippen LogP contribution in [0.15, 0.2) is 58.2 Å². The van der Waals surface area contributed by atoms with E-state index in [2.05, 4.69) is 5.32 Å². The molecular formula is C25H26N4O5S. The molecule has 0 spiro atoms. The largest absolute Gasteiger partial charge is 0.316 e. The SMILES string of the molecule is Cc1c(NC(=O)c2ccc3c(c2)S(=O)(=O)N(C2CCCCC2)C3=O)c(=O)n(-c2ccccc2)n1C. The summed E-state index contributed by atoms with van der Waals surface area (Å²) in [6.07, 6.45) is 4.08. The lowest BCUT2D eigenvalue weighted by molar-refractivity contribution is 0.0809. The van der Waals surface area contributed by atoms with Crippen molar-refractivity contribution >= 4 is 27.5 Å². The molecule has 0 saturated heterocycles. The smallest absolute Gasteiger partial charge is 0.295 e. The Bertz CT molecular complexity index is 1500. The summed E-state index contributed by atoms with van der Waals surface area (Å²) in [5.41, 5.74) is 1.02. The number of para-hydroxylation sites is 1. The number of nitrogens with zero attached hydrogens (tertiary/aromatic N) is 3. The Hall–Kier alpha value is -3.66. The van der Waals surface area contributed by atoms with Gasteiger partial charge in [-0.05, 0) is 50.1 Å². The predicted molar refractivity (Wildman–Crippen MR) is 130 cm³/mol. The van der Waals surface area contributed by atoms with Crippen LogP contribution in [0.5, 0.6) is 0 Å². The van der Waals surface area contributed by atoms with E-state index in [0.29, 0.717) is 24.2 Å². The van der Waals surface area contributed by atoms with Crippen LogP contribution in [0.2, 0.25) is 0 Å². The van der Waals surface area contributed by atoms with Gasteiger partial charge in [0.25, 0.3) is 27.4 Å². The van der Waals surface area contributed by atoms with E-state index in [1.165, 1.54) is 22.9 Å². The topological polar surface area (TPSA) is 110 Å². The third-order valence-electron chi connectivity index (χ3n) is 6.91. The third-order valence-corrected chi connectivity index (χ3v) is 8.79. The van der Waals surface area contributed by atoms with E-state index in [1.54, 1.807) is 30.8 Å². The Morgan fingerprint density at radius 2 is 1.69 bits per heavy atom. The molecule has 10 heteroatoms. The highest BCUT2D eigenvalue weighted by molar-refractivity contribution is 7.90. The highest BCUT2D eigenvalue weighted by atomic mass is 32.2. The molecule has 182 valence electrons. The number of hydrogen-bond donors (Lipinski definition) is 1. The van der Waals surface area contributed by atoms with Crippen LogP contribution in [0.1, 0.15) is 58.5 Å². The maximum atomic E-state index is 13.3. The van der Waals surface area contributed by atoms with Gasteiger partial charge in [-0.15, -0.1) is 0 Å². The molecule has 1 aliphatic heterocycles. The van der Waals surface area contributed by atoms with Crippen molar-refractivity contribution < 1.29 is 18.0 Å². The normalized spacial score (nSPS) is 17.4. The first kappa shape index (κ1) is 23.1. The first-order chi connectivity index (χ1) is 16.7. The fourth-order valence-corrected chi connectivity index (χ4v) is 6.80. The first-order valence-electron chi connectivity index (χ1n) is 11.6. The van der Waals surface area contributed by atoms with Gasteiger partial charge >= 0.3 is 0 Å². The van der Waals surface area contributed by atoms with Gasteiger partial charge in [-0.2, -0.15) is 0 Å². The van der Waals surface area contributed by atoms with Crippen LogP contribution in [0, 0.1) is 6.92 Å². The summed E-state index contributed by atoms with van der Waals surface area (Å²) in [5, 5.41) is 2.64. The number of fused-ring (bicyclic) bond motifs is 1. The number of aromatic nitrogens is 2. The lowest BCUT2D eigenvalue weighted by Gasteiger charge is -2.29. The van der Waals surface area contributed by atoms with Crippen LogP contribution in [-0.4, -0.2) is 39.9 Å². The molecule has 5 rings (SSSR count). The molecule has 1 aromatic heterocycles. The Kier molecular flexibility index (Phi) is 5.63. The Balaban J connectivity index is 1.47. The van der Waals surface area contributed by atoms with Gasteiger partial charge in [-0.1, -0.05) is 37.5 Å².